The van der Waals surface area contributed by atoms with Crippen LogP contribution < -0.4 is 9.80 Å². The molecule has 0 unspecified atom stereocenters. The number of hydrogen-bond donors (Lipinski definition) is 0. The largest absolute Gasteiger partial charge is 0.334 e. The Kier molecular flexibility index (Phi) is 10.9. The summed E-state index contributed by atoms with van der Waals surface area (Å²) in [4.78, 5) is 4.80. The zero-order chi connectivity index (χ0) is 41.5. The zero-order valence-corrected chi connectivity index (χ0v) is 34.5. The van der Waals surface area contributed by atoms with E-state index in [-0.39, 0.29) is 6.04 Å². The van der Waals surface area contributed by atoms with Crippen LogP contribution >= 0.6 is 0 Å². The molecular formula is C60H46N2. The molecule has 0 aliphatic heterocycles. The minimum atomic E-state index is 0.208. The van der Waals surface area contributed by atoms with E-state index in [0.29, 0.717) is 0 Å². The number of anilines is 5. The average molecular weight is 795 g/mol. The first-order valence-electron chi connectivity index (χ1n) is 21.4. The molecule has 1 atom stereocenters. The van der Waals surface area contributed by atoms with Crippen molar-refractivity contribution in [3.8, 4) is 44.5 Å². The fourth-order valence-electron chi connectivity index (χ4n) is 8.66. The second kappa shape index (κ2) is 17.7. The Morgan fingerprint density at radius 3 is 1.24 bits per heavy atom. The molecule has 0 amide bonds. The lowest BCUT2D eigenvalue weighted by Gasteiger charge is -2.33. The number of hydrogen-bond acceptors (Lipinski definition) is 2. The van der Waals surface area contributed by atoms with Crippen LogP contribution in [-0.4, -0.2) is 6.04 Å². The van der Waals surface area contributed by atoms with Gasteiger partial charge in [0, 0.05) is 28.4 Å². The predicted molar refractivity (Wildman–Crippen MR) is 263 cm³/mol. The molecule has 62 heavy (non-hydrogen) atoms. The van der Waals surface area contributed by atoms with Crippen molar-refractivity contribution >= 4 is 34.0 Å². The Labute approximate surface area is 365 Å². The maximum Gasteiger partial charge on any atom is 0.0560 e. The van der Waals surface area contributed by atoms with Crippen LogP contribution in [0.25, 0.3) is 50.1 Å². The fourth-order valence-corrected chi connectivity index (χ4v) is 8.66. The minimum Gasteiger partial charge on any atom is -0.334 e. The molecule has 10 rings (SSSR count). The van der Waals surface area contributed by atoms with E-state index in [1.807, 2.05) is 0 Å². The Morgan fingerprint density at radius 1 is 0.306 bits per heavy atom. The molecule has 0 radical (unpaired) electrons. The van der Waals surface area contributed by atoms with Gasteiger partial charge in [-0.25, -0.2) is 0 Å². The molecule has 9 aromatic rings. The van der Waals surface area contributed by atoms with Gasteiger partial charge in [0.05, 0.1) is 6.04 Å². The van der Waals surface area contributed by atoms with Crippen LogP contribution in [0.1, 0.15) is 12.0 Å². The van der Waals surface area contributed by atoms with Crippen molar-refractivity contribution in [1.82, 2.24) is 0 Å². The molecule has 0 aromatic heterocycles. The predicted octanol–water partition coefficient (Wildman–Crippen LogP) is 16.4. The van der Waals surface area contributed by atoms with Gasteiger partial charge < -0.3 is 9.80 Å². The van der Waals surface area contributed by atoms with Gasteiger partial charge in [-0.2, -0.15) is 0 Å². The standard InChI is InChI=1S/C60H46N2/c1-6-16-45(17-7-1)48-30-36-55(37-31-48)61(53-22-12-4-13-23-53)56-38-34-50(35-39-56)47-26-28-52(29-27-47)59-43-42-58(44-60(59)51-20-10-3-11-21-51)62(54-24-14-5-15-25-54)57-40-32-49(33-41-57)46-18-8-2-9-19-46/h1-36,38-44,55H,37H2/t55-/m1/s1. The summed E-state index contributed by atoms with van der Waals surface area (Å²) >= 11 is 0. The van der Waals surface area contributed by atoms with Gasteiger partial charge in [-0.15, -0.1) is 0 Å². The lowest BCUT2D eigenvalue weighted by Crippen LogP contribution is -2.30. The number of para-hydroxylation sites is 2. The van der Waals surface area contributed by atoms with Gasteiger partial charge in [-0.3, -0.25) is 0 Å². The van der Waals surface area contributed by atoms with E-state index in [1.165, 1.54) is 67.0 Å². The van der Waals surface area contributed by atoms with Crippen LogP contribution in [0.5, 0.6) is 0 Å². The molecule has 0 heterocycles. The highest BCUT2D eigenvalue weighted by Crippen LogP contribution is 2.42. The van der Waals surface area contributed by atoms with Gasteiger partial charge >= 0.3 is 0 Å². The summed E-state index contributed by atoms with van der Waals surface area (Å²) in [6.07, 6.45) is 7.92. The summed E-state index contributed by atoms with van der Waals surface area (Å²) in [6.45, 7) is 0. The second-order valence-corrected chi connectivity index (χ2v) is 15.7. The van der Waals surface area contributed by atoms with E-state index in [2.05, 4.69) is 271 Å². The van der Waals surface area contributed by atoms with Gasteiger partial charge in [0.2, 0.25) is 0 Å². The van der Waals surface area contributed by atoms with Gasteiger partial charge in [0.25, 0.3) is 0 Å². The summed E-state index contributed by atoms with van der Waals surface area (Å²) in [5.41, 5.74) is 17.7. The lowest BCUT2D eigenvalue weighted by molar-refractivity contribution is 0.787. The summed E-state index contributed by atoms with van der Waals surface area (Å²) in [6, 6.07) is 87.4. The summed E-state index contributed by atoms with van der Waals surface area (Å²) in [7, 11) is 0. The van der Waals surface area contributed by atoms with E-state index in [9.17, 15) is 0 Å². The Bertz CT molecular complexity index is 2920. The smallest absolute Gasteiger partial charge is 0.0560 e. The van der Waals surface area contributed by atoms with Crippen molar-refractivity contribution in [1.29, 1.82) is 0 Å². The minimum absolute atomic E-state index is 0.208. The third-order valence-corrected chi connectivity index (χ3v) is 11.8. The first kappa shape index (κ1) is 38.3. The van der Waals surface area contributed by atoms with Crippen LogP contribution in [0.3, 0.4) is 0 Å². The quantitative estimate of drug-likeness (QED) is 0.129. The van der Waals surface area contributed by atoms with E-state index in [0.717, 1.165) is 23.5 Å². The highest BCUT2D eigenvalue weighted by molar-refractivity contribution is 5.90. The molecule has 0 N–H and O–H groups in total. The van der Waals surface area contributed by atoms with Crippen molar-refractivity contribution in [2.75, 3.05) is 9.80 Å². The molecule has 9 aromatic carbocycles. The average Bonchev–Trinajstić information content (AvgIpc) is 3.36. The van der Waals surface area contributed by atoms with Gasteiger partial charge in [0.15, 0.2) is 0 Å². The van der Waals surface area contributed by atoms with Crippen molar-refractivity contribution in [2.24, 2.45) is 0 Å². The first-order chi connectivity index (χ1) is 30.7. The number of benzene rings is 9. The zero-order valence-electron chi connectivity index (χ0n) is 34.5. The Morgan fingerprint density at radius 2 is 0.694 bits per heavy atom. The lowest BCUT2D eigenvalue weighted by atomic mass is 9.92. The van der Waals surface area contributed by atoms with E-state index >= 15 is 0 Å². The molecule has 1 aliphatic rings. The molecule has 0 saturated carbocycles. The maximum atomic E-state index is 2.45. The first-order valence-corrected chi connectivity index (χ1v) is 21.4. The molecule has 2 heteroatoms. The van der Waals surface area contributed by atoms with Crippen molar-refractivity contribution in [2.45, 2.75) is 12.5 Å². The number of rotatable bonds is 11. The van der Waals surface area contributed by atoms with Crippen molar-refractivity contribution in [3.63, 3.8) is 0 Å². The molecule has 0 bridgehead atoms. The van der Waals surface area contributed by atoms with Gasteiger partial charge in [-0.1, -0.05) is 200 Å². The van der Waals surface area contributed by atoms with E-state index in [4.69, 9.17) is 0 Å². The second-order valence-electron chi connectivity index (χ2n) is 15.7. The van der Waals surface area contributed by atoms with E-state index in [1.54, 1.807) is 0 Å². The van der Waals surface area contributed by atoms with Crippen LogP contribution in [0.2, 0.25) is 0 Å². The van der Waals surface area contributed by atoms with Crippen molar-refractivity contribution in [3.05, 3.63) is 266 Å². The van der Waals surface area contributed by atoms with E-state index < -0.39 is 0 Å². The van der Waals surface area contributed by atoms with Crippen LogP contribution in [0.15, 0.2) is 261 Å². The monoisotopic (exact) mass is 794 g/mol. The number of nitrogens with zero attached hydrogens (tertiary/aromatic N) is 2. The molecule has 1 aliphatic carbocycles. The highest BCUT2D eigenvalue weighted by Gasteiger charge is 2.21. The van der Waals surface area contributed by atoms with Crippen LogP contribution in [-0.2, 0) is 0 Å². The third-order valence-electron chi connectivity index (χ3n) is 11.8. The molecule has 296 valence electrons. The van der Waals surface area contributed by atoms with Gasteiger partial charge in [-0.05, 0) is 123 Å². The third kappa shape index (κ3) is 8.15. The topological polar surface area (TPSA) is 6.48 Å². The van der Waals surface area contributed by atoms with Crippen molar-refractivity contribution < 1.29 is 0 Å². The molecule has 0 spiro atoms. The summed E-state index contributed by atoms with van der Waals surface area (Å²) < 4.78 is 0. The van der Waals surface area contributed by atoms with Crippen LogP contribution in [0.4, 0.5) is 28.4 Å². The Balaban J connectivity index is 0.949. The fraction of sp³-hybridized carbons (Fsp3) is 0.0333. The normalized spacial score (nSPS) is 13.3. The molecule has 0 fully saturated rings. The summed E-state index contributed by atoms with van der Waals surface area (Å²) in [5.74, 6) is 0. The molecule has 0 saturated heterocycles. The molecular weight excluding hydrogens is 749 g/mol. The van der Waals surface area contributed by atoms with Gasteiger partial charge in [0.1, 0.15) is 0 Å². The Hall–Kier alpha value is -7.94. The SMILES string of the molecule is C1=C[C@@H](N(c2ccccc2)c2ccc(-c3ccc(-c4ccc(N(c5ccccc5)c5ccc(-c6ccccc6)cc5)cc4-c4ccccc4)cc3)cc2)CC=C1c1ccccc1. The maximum absolute atomic E-state index is 2.45. The van der Waals surface area contributed by atoms with Crippen LogP contribution in [0, 0.1) is 0 Å². The molecule has 2 nitrogen and oxygen atoms in total. The highest BCUT2D eigenvalue weighted by atomic mass is 15.2. The number of allylic oxidation sites excluding steroid dienone is 2. The summed E-state index contributed by atoms with van der Waals surface area (Å²) in [5, 5.41) is 0.